The molecule has 0 aromatic heterocycles. The summed E-state index contributed by atoms with van der Waals surface area (Å²) < 4.78 is 4.95. The van der Waals surface area contributed by atoms with Gasteiger partial charge in [0.25, 0.3) is 0 Å². The Balaban J connectivity index is 2.97. The van der Waals surface area contributed by atoms with E-state index < -0.39 is 11.6 Å². The maximum atomic E-state index is 11.8. The van der Waals surface area contributed by atoms with Crippen LogP contribution < -0.4 is 0 Å². The van der Waals surface area contributed by atoms with Gasteiger partial charge in [-0.3, -0.25) is 0 Å². The summed E-state index contributed by atoms with van der Waals surface area (Å²) in [6, 6.07) is 9.51. The maximum Gasteiger partial charge on any atom is 0.338 e. The predicted octanol–water partition coefficient (Wildman–Crippen LogP) is 2.49. The molecule has 2 unspecified atom stereocenters. The van der Waals surface area contributed by atoms with E-state index in [0.717, 1.165) is 5.56 Å². The molecule has 1 rings (SSSR count). The van der Waals surface area contributed by atoms with Crippen LogP contribution in [0.15, 0.2) is 30.3 Å². The number of carbonyl (C=O) groups excluding carboxylic acids is 1. The maximum absolute atomic E-state index is 11.8. The van der Waals surface area contributed by atoms with E-state index in [4.69, 9.17) is 4.74 Å². The van der Waals surface area contributed by atoms with Crippen LogP contribution in [0.2, 0.25) is 0 Å². The zero-order valence-electron chi connectivity index (χ0n) is 10.6. The molecule has 3 nitrogen and oxygen atoms in total. The molecule has 0 saturated heterocycles. The van der Waals surface area contributed by atoms with E-state index in [-0.39, 0.29) is 12.5 Å². The molecule has 1 aromatic rings. The summed E-state index contributed by atoms with van der Waals surface area (Å²) in [5.74, 6) is -0.827. The highest BCUT2D eigenvalue weighted by atomic mass is 16.5. The number of rotatable bonds is 5. The number of esters is 1. The molecule has 2 atom stereocenters. The van der Waals surface area contributed by atoms with E-state index in [0.29, 0.717) is 6.42 Å². The molecule has 0 heterocycles. The predicted molar refractivity (Wildman–Crippen MR) is 66.7 cm³/mol. The summed E-state index contributed by atoms with van der Waals surface area (Å²) in [4.78, 5) is 11.8. The highest BCUT2D eigenvalue weighted by molar-refractivity contribution is 5.80. The molecule has 1 aromatic carbocycles. The highest BCUT2D eigenvalue weighted by Gasteiger charge is 2.41. The largest absolute Gasteiger partial charge is 0.464 e. The van der Waals surface area contributed by atoms with Crippen LogP contribution in [0.5, 0.6) is 0 Å². The molecule has 0 fully saturated rings. The second-order valence-corrected chi connectivity index (χ2v) is 4.13. The van der Waals surface area contributed by atoms with Crippen molar-refractivity contribution in [3.05, 3.63) is 35.9 Å². The van der Waals surface area contributed by atoms with E-state index in [1.165, 1.54) is 0 Å². The molecule has 0 aliphatic rings. The highest BCUT2D eigenvalue weighted by Crippen LogP contribution is 2.31. The molecular formula is C14H20O3. The topological polar surface area (TPSA) is 46.5 Å². The number of benzene rings is 1. The van der Waals surface area contributed by atoms with Crippen LogP contribution in [0.25, 0.3) is 0 Å². The molecule has 0 bridgehead atoms. The van der Waals surface area contributed by atoms with Crippen molar-refractivity contribution in [2.45, 2.75) is 38.7 Å². The Hall–Kier alpha value is -1.35. The van der Waals surface area contributed by atoms with Crippen molar-refractivity contribution in [2.75, 3.05) is 6.61 Å². The average Bonchev–Trinajstić information content (AvgIpc) is 2.38. The summed E-state index contributed by atoms with van der Waals surface area (Å²) in [7, 11) is 0. The van der Waals surface area contributed by atoms with Gasteiger partial charge in [0.2, 0.25) is 0 Å². The summed E-state index contributed by atoms with van der Waals surface area (Å²) in [5.41, 5.74) is -0.512. The molecule has 3 heteroatoms. The lowest BCUT2D eigenvalue weighted by molar-refractivity contribution is -0.167. The van der Waals surface area contributed by atoms with E-state index >= 15 is 0 Å². The number of hydrogen-bond acceptors (Lipinski definition) is 3. The Kier molecular flexibility index (Phi) is 4.70. The summed E-state index contributed by atoms with van der Waals surface area (Å²) in [6.45, 7) is 5.65. The summed E-state index contributed by atoms with van der Waals surface area (Å²) in [6.07, 6.45) is 0.335. The standard InChI is InChI=1S/C14H20O3/c1-4-14(16,13(15)17-5-2)11(3)12-9-7-6-8-10-12/h6-11,16H,4-5H2,1-3H3. The van der Waals surface area contributed by atoms with E-state index in [9.17, 15) is 9.90 Å². The van der Waals surface area contributed by atoms with Crippen LogP contribution in [0.4, 0.5) is 0 Å². The SMILES string of the molecule is CCOC(=O)C(O)(CC)C(C)c1ccccc1. The van der Waals surface area contributed by atoms with Gasteiger partial charge >= 0.3 is 5.97 Å². The van der Waals surface area contributed by atoms with E-state index in [2.05, 4.69) is 0 Å². The van der Waals surface area contributed by atoms with Crippen LogP contribution in [0.1, 0.15) is 38.7 Å². The van der Waals surface area contributed by atoms with Gasteiger partial charge in [-0.1, -0.05) is 44.2 Å². The number of hydrogen-bond donors (Lipinski definition) is 1. The van der Waals surface area contributed by atoms with Crippen molar-refractivity contribution in [1.29, 1.82) is 0 Å². The second kappa shape index (κ2) is 5.82. The van der Waals surface area contributed by atoms with Gasteiger partial charge in [0.15, 0.2) is 5.60 Å². The van der Waals surface area contributed by atoms with Crippen LogP contribution in [-0.2, 0) is 9.53 Å². The van der Waals surface area contributed by atoms with Crippen molar-refractivity contribution in [3.63, 3.8) is 0 Å². The van der Waals surface area contributed by atoms with Gasteiger partial charge < -0.3 is 9.84 Å². The lowest BCUT2D eigenvalue weighted by Gasteiger charge is -2.31. The Morgan fingerprint density at radius 1 is 1.35 bits per heavy atom. The molecule has 17 heavy (non-hydrogen) atoms. The van der Waals surface area contributed by atoms with Gasteiger partial charge in [0.1, 0.15) is 0 Å². The van der Waals surface area contributed by atoms with Gasteiger partial charge in [0.05, 0.1) is 6.61 Å². The fourth-order valence-electron chi connectivity index (χ4n) is 1.90. The third-order valence-corrected chi connectivity index (χ3v) is 3.18. The molecule has 0 radical (unpaired) electrons. The molecule has 94 valence electrons. The van der Waals surface area contributed by atoms with E-state index in [1.807, 2.05) is 37.3 Å². The lowest BCUT2D eigenvalue weighted by Crippen LogP contribution is -2.44. The first-order valence-corrected chi connectivity index (χ1v) is 6.00. The second-order valence-electron chi connectivity index (χ2n) is 4.13. The van der Waals surface area contributed by atoms with Crippen LogP contribution in [-0.4, -0.2) is 23.3 Å². The first kappa shape index (κ1) is 13.7. The minimum Gasteiger partial charge on any atom is -0.464 e. The Morgan fingerprint density at radius 3 is 2.41 bits per heavy atom. The lowest BCUT2D eigenvalue weighted by atomic mass is 9.81. The van der Waals surface area contributed by atoms with Crippen LogP contribution >= 0.6 is 0 Å². The van der Waals surface area contributed by atoms with Crippen molar-refractivity contribution < 1.29 is 14.6 Å². The molecule has 0 amide bonds. The minimum absolute atomic E-state index is 0.280. The van der Waals surface area contributed by atoms with Crippen molar-refractivity contribution in [1.82, 2.24) is 0 Å². The molecular weight excluding hydrogens is 216 g/mol. The Morgan fingerprint density at radius 2 is 1.94 bits per heavy atom. The molecule has 0 spiro atoms. The zero-order chi connectivity index (χ0) is 12.9. The first-order valence-electron chi connectivity index (χ1n) is 6.00. The quantitative estimate of drug-likeness (QED) is 0.799. The van der Waals surface area contributed by atoms with Gasteiger partial charge in [-0.15, -0.1) is 0 Å². The Labute approximate surface area is 102 Å². The zero-order valence-corrected chi connectivity index (χ0v) is 10.6. The van der Waals surface area contributed by atoms with Gasteiger partial charge in [-0.05, 0) is 18.9 Å². The van der Waals surface area contributed by atoms with Gasteiger partial charge in [-0.2, -0.15) is 0 Å². The molecule has 1 N–H and O–H groups in total. The fourth-order valence-corrected chi connectivity index (χ4v) is 1.90. The van der Waals surface area contributed by atoms with Gasteiger partial charge in [0, 0.05) is 5.92 Å². The smallest absolute Gasteiger partial charge is 0.338 e. The molecule has 0 saturated carbocycles. The number of ether oxygens (including phenoxy) is 1. The number of aliphatic hydroxyl groups is 1. The van der Waals surface area contributed by atoms with Crippen LogP contribution in [0.3, 0.4) is 0 Å². The van der Waals surface area contributed by atoms with Crippen LogP contribution in [0, 0.1) is 0 Å². The first-order chi connectivity index (χ1) is 8.06. The van der Waals surface area contributed by atoms with Crippen molar-refractivity contribution in [2.24, 2.45) is 0 Å². The monoisotopic (exact) mass is 236 g/mol. The Bertz CT molecular complexity index is 361. The van der Waals surface area contributed by atoms with Crippen molar-refractivity contribution >= 4 is 5.97 Å². The van der Waals surface area contributed by atoms with Crippen molar-refractivity contribution in [3.8, 4) is 0 Å². The minimum atomic E-state index is -1.45. The number of carbonyl (C=O) groups is 1. The normalized spacial score (nSPS) is 16.0. The summed E-state index contributed by atoms with van der Waals surface area (Å²) in [5, 5.41) is 10.5. The molecule has 0 aliphatic heterocycles. The third kappa shape index (κ3) is 2.86. The van der Waals surface area contributed by atoms with E-state index in [1.54, 1.807) is 13.8 Å². The fraction of sp³-hybridized carbons (Fsp3) is 0.500. The third-order valence-electron chi connectivity index (χ3n) is 3.18. The summed E-state index contributed by atoms with van der Waals surface area (Å²) >= 11 is 0. The average molecular weight is 236 g/mol. The van der Waals surface area contributed by atoms with Gasteiger partial charge in [-0.25, -0.2) is 4.79 Å². The molecule has 0 aliphatic carbocycles.